The quantitative estimate of drug-likeness (QED) is 0.582. The average molecular weight is 340 g/mol. The number of ketones is 1. The van der Waals surface area contributed by atoms with E-state index in [4.69, 9.17) is 5.73 Å². The second-order valence-electron chi connectivity index (χ2n) is 7.12. The van der Waals surface area contributed by atoms with E-state index >= 15 is 0 Å². The Balaban J connectivity index is 2.14. The number of nitrogens with zero attached hydrogens (tertiary/aromatic N) is 1. The third-order valence-corrected chi connectivity index (χ3v) is 5.37. The van der Waals surface area contributed by atoms with Crippen molar-refractivity contribution in [3.05, 3.63) is 64.7 Å². The van der Waals surface area contributed by atoms with Crippen molar-refractivity contribution in [3.63, 3.8) is 0 Å². The van der Waals surface area contributed by atoms with Gasteiger partial charge in [0, 0.05) is 17.7 Å². The lowest BCUT2D eigenvalue weighted by Crippen LogP contribution is -2.50. The number of likely N-dealkylation sites (N-methyl/N-ethyl adjacent to an activating group) is 1. The molecule has 25 heavy (non-hydrogen) atoms. The van der Waals surface area contributed by atoms with E-state index in [0.717, 1.165) is 29.8 Å². The highest BCUT2D eigenvalue weighted by atomic mass is 16.1. The lowest BCUT2D eigenvalue weighted by molar-refractivity contribution is -0.930. The highest BCUT2D eigenvalue weighted by molar-refractivity contribution is 5.82. The van der Waals surface area contributed by atoms with Crippen molar-refractivity contribution in [3.8, 4) is 0 Å². The van der Waals surface area contributed by atoms with Gasteiger partial charge in [0.25, 0.3) is 0 Å². The number of aryl methyl sites for hydroxylation is 2. The third kappa shape index (κ3) is 4.93. The predicted octanol–water partition coefficient (Wildman–Crippen LogP) is 4.05. The van der Waals surface area contributed by atoms with Gasteiger partial charge in [0.1, 0.15) is 13.1 Å². The zero-order valence-electron chi connectivity index (χ0n) is 16.0. The number of benzene rings is 2. The summed E-state index contributed by atoms with van der Waals surface area (Å²) in [6.07, 6.45) is 0.528. The SMILES string of the molecule is CC[N+](CC)(CC(=O)Cc1c(C)cccc1C)Cc1ccc(N)cc1. The molecule has 0 aliphatic carbocycles. The number of hydrogen-bond acceptors (Lipinski definition) is 2. The Labute approximate surface area is 152 Å². The Morgan fingerprint density at radius 2 is 1.52 bits per heavy atom. The molecule has 0 radical (unpaired) electrons. The van der Waals surface area contributed by atoms with Crippen molar-refractivity contribution < 1.29 is 9.28 Å². The maximum Gasteiger partial charge on any atom is 0.191 e. The number of carbonyl (C=O) groups excluding carboxylic acids is 1. The summed E-state index contributed by atoms with van der Waals surface area (Å²) < 4.78 is 0.785. The maximum absolute atomic E-state index is 12.9. The second kappa shape index (κ2) is 8.30. The van der Waals surface area contributed by atoms with E-state index in [-0.39, 0.29) is 0 Å². The molecule has 0 atom stereocenters. The van der Waals surface area contributed by atoms with Crippen LogP contribution >= 0.6 is 0 Å². The molecular formula is C22H31N2O+. The molecule has 2 aromatic rings. The van der Waals surface area contributed by atoms with Gasteiger partial charge in [0.15, 0.2) is 5.78 Å². The number of Topliss-reactive ketones (excluding diaryl/α,β-unsaturated/α-hetero) is 1. The maximum atomic E-state index is 12.9. The van der Waals surface area contributed by atoms with E-state index in [2.05, 4.69) is 58.0 Å². The van der Waals surface area contributed by atoms with Crippen LogP contribution in [0.1, 0.15) is 36.1 Å². The molecule has 0 saturated heterocycles. The van der Waals surface area contributed by atoms with Crippen LogP contribution in [0.25, 0.3) is 0 Å². The smallest absolute Gasteiger partial charge is 0.191 e. The van der Waals surface area contributed by atoms with Gasteiger partial charge in [-0.2, -0.15) is 0 Å². The van der Waals surface area contributed by atoms with Gasteiger partial charge in [-0.25, -0.2) is 0 Å². The first kappa shape index (κ1) is 19.2. The van der Waals surface area contributed by atoms with Gasteiger partial charge in [-0.3, -0.25) is 4.79 Å². The molecule has 0 heterocycles. The zero-order valence-corrected chi connectivity index (χ0v) is 16.0. The standard InChI is InChI=1S/C22H31N2O/c1-5-24(6-2,15-19-10-12-20(23)13-11-19)16-21(25)14-22-17(3)8-7-9-18(22)4/h7-13H,5-6,14-16,23H2,1-4H3/q+1. The lowest BCUT2D eigenvalue weighted by atomic mass is 9.97. The van der Waals surface area contributed by atoms with Gasteiger partial charge < -0.3 is 10.2 Å². The first-order valence-corrected chi connectivity index (χ1v) is 9.15. The Morgan fingerprint density at radius 1 is 0.960 bits per heavy atom. The molecule has 3 heteroatoms. The summed E-state index contributed by atoms with van der Waals surface area (Å²) in [7, 11) is 0. The van der Waals surface area contributed by atoms with Crippen molar-refractivity contribution in [2.24, 2.45) is 0 Å². The molecule has 0 aliphatic heterocycles. The van der Waals surface area contributed by atoms with E-state index in [1.165, 1.54) is 22.3 Å². The van der Waals surface area contributed by atoms with E-state index in [1.54, 1.807) is 0 Å². The fraction of sp³-hybridized carbons (Fsp3) is 0.409. The normalized spacial score (nSPS) is 11.5. The number of hydrogen-bond donors (Lipinski definition) is 1. The second-order valence-corrected chi connectivity index (χ2v) is 7.12. The van der Waals surface area contributed by atoms with E-state index in [1.807, 2.05) is 12.1 Å². The van der Waals surface area contributed by atoms with Gasteiger partial charge in [0.2, 0.25) is 0 Å². The summed E-state index contributed by atoms with van der Waals surface area (Å²) in [6.45, 7) is 11.9. The van der Waals surface area contributed by atoms with Crippen LogP contribution in [-0.2, 0) is 17.8 Å². The van der Waals surface area contributed by atoms with Crippen LogP contribution < -0.4 is 5.73 Å². The summed E-state index contributed by atoms with van der Waals surface area (Å²) in [5.41, 5.74) is 11.4. The summed E-state index contributed by atoms with van der Waals surface area (Å²) in [4.78, 5) is 12.9. The lowest BCUT2D eigenvalue weighted by Gasteiger charge is -2.36. The van der Waals surface area contributed by atoms with Crippen LogP contribution in [0.15, 0.2) is 42.5 Å². The van der Waals surface area contributed by atoms with Crippen LogP contribution in [0.4, 0.5) is 5.69 Å². The Bertz CT molecular complexity index is 695. The molecule has 2 N–H and O–H groups in total. The van der Waals surface area contributed by atoms with Crippen molar-refractivity contribution in [2.45, 2.75) is 40.7 Å². The molecule has 0 bridgehead atoms. The number of anilines is 1. The largest absolute Gasteiger partial charge is 0.399 e. The number of nitrogen functional groups attached to an aromatic ring is 1. The van der Waals surface area contributed by atoms with Crippen molar-refractivity contribution in [2.75, 3.05) is 25.4 Å². The molecule has 134 valence electrons. The first-order valence-electron chi connectivity index (χ1n) is 9.15. The summed E-state index contributed by atoms with van der Waals surface area (Å²) in [5.74, 6) is 0.316. The molecular weight excluding hydrogens is 308 g/mol. The highest BCUT2D eigenvalue weighted by Gasteiger charge is 2.27. The molecule has 3 nitrogen and oxygen atoms in total. The predicted molar refractivity (Wildman–Crippen MR) is 105 cm³/mol. The van der Waals surface area contributed by atoms with Crippen LogP contribution in [0, 0.1) is 13.8 Å². The van der Waals surface area contributed by atoms with E-state index in [0.29, 0.717) is 18.7 Å². The van der Waals surface area contributed by atoms with Crippen LogP contribution in [0.2, 0.25) is 0 Å². The molecule has 2 rings (SSSR count). The zero-order chi connectivity index (χ0) is 18.4. The fourth-order valence-electron chi connectivity index (χ4n) is 3.49. The van der Waals surface area contributed by atoms with Crippen molar-refractivity contribution >= 4 is 11.5 Å². The summed E-state index contributed by atoms with van der Waals surface area (Å²) in [5, 5.41) is 0. The minimum Gasteiger partial charge on any atom is -0.399 e. The Morgan fingerprint density at radius 3 is 2.04 bits per heavy atom. The third-order valence-electron chi connectivity index (χ3n) is 5.37. The van der Waals surface area contributed by atoms with Gasteiger partial charge in [-0.1, -0.05) is 30.3 Å². The number of carbonyl (C=O) groups is 1. The summed E-state index contributed by atoms with van der Waals surface area (Å²) in [6, 6.07) is 14.3. The Hall–Kier alpha value is -2.13. The van der Waals surface area contributed by atoms with Crippen molar-refractivity contribution in [1.82, 2.24) is 0 Å². The van der Waals surface area contributed by atoms with Gasteiger partial charge >= 0.3 is 0 Å². The minimum atomic E-state index is 0.316. The minimum absolute atomic E-state index is 0.316. The van der Waals surface area contributed by atoms with Gasteiger partial charge in [-0.05, 0) is 56.5 Å². The fourth-order valence-corrected chi connectivity index (χ4v) is 3.49. The van der Waals surface area contributed by atoms with Gasteiger partial charge in [0.05, 0.1) is 13.1 Å². The molecule has 0 aliphatic rings. The number of rotatable bonds is 8. The molecule has 0 fully saturated rings. The molecule has 0 unspecified atom stereocenters. The van der Waals surface area contributed by atoms with Crippen LogP contribution in [0.3, 0.4) is 0 Å². The molecule has 0 saturated carbocycles. The first-order chi connectivity index (χ1) is 11.9. The van der Waals surface area contributed by atoms with Crippen LogP contribution in [0.5, 0.6) is 0 Å². The number of nitrogens with two attached hydrogens (primary N) is 1. The topological polar surface area (TPSA) is 43.1 Å². The van der Waals surface area contributed by atoms with Gasteiger partial charge in [-0.15, -0.1) is 0 Å². The number of quaternary nitrogens is 1. The molecule has 0 spiro atoms. The van der Waals surface area contributed by atoms with E-state index in [9.17, 15) is 4.79 Å². The highest BCUT2D eigenvalue weighted by Crippen LogP contribution is 2.19. The monoisotopic (exact) mass is 339 g/mol. The average Bonchev–Trinajstić information content (AvgIpc) is 2.59. The van der Waals surface area contributed by atoms with Crippen molar-refractivity contribution in [1.29, 1.82) is 0 Å². The van der Waals surface area contributed by atoms with E-state index < -0.39 is 0 Å². The Kier molecular flexibility index (Phi) is 6.38. The van der Waals surface area contributed by atoms with Crippen LogP contribution in [-0.4, -0.2) is 29.9 Å². The molecule has 0 amide bonds. The molecule has 2 aromatic carbocycles. The molecule has 0 aromatic heterocycles. The summed E-state index contributed by atoms with van der Waals surface area (Å²) >= 11 is 0.